The molecule has 0 aliphatic rings. The second-order valence-electron chi connectivity index (χ2n) is 3.62. The van der Waals surface area contributed by atoms with E-state index in [2.05, 4.69) is 4.74 Å². The molecule has 0 amide bonds. The van der Waals surface area contributed by atoms with Gasteiger partial charge in [0.25, 0.3) is 5.03 Å². The molecule has 4 nitrogen and oxygen atoms in total. The molecule has 0 aliphatic carbocycles. The molecule has 0 saturated carbocycles. The monoisotopic (exact) mass is 359 g/mol. The third kappa shape index (κ3) is 3.75. The van der Waals surface area contributed by atoms with Crippen LogP contribution in [0.3, 0.4) is 0 Å². The van der Waals surface area contributed by atoms with E-state index in [9.17, 15) is 44.5 Å². The van der Waals surface area contributed by atoms with E-state index in [0.717, 1.165) is 0 Å². The van der Waals surface area contributed by atoms with Gasteiger partial charge in [0.2, 0.25) is 6.20 Å². The van der Waals surface area contributed by atoms with E-state index < -0.39 is 50.5 Å². The maximum absolute atomic E-state index is 12.8. The van der Waals surface area contributed by atoms with Crippen molar-refractivity contribution in [1.82, 2.24) is 0 Å². The summed E-state index contributed by atoms with van der Waals surface area (Å²) in [5.41, 5.74) is 0. The third-order valence-corrected chi connectivity index (χ3v) is 3.42. The highest BCUT2D eigenvalue weighted by Crippen LogP contribution is 2.31. The van der Waals surface area contributed by atoms with Crippen molar-refractivity contribution in [2.24, 2.45) is 0 Å². The fraction of sp³-hybridized carbons (Fsp3) is 0.444. The highest BCUT2D eigenvalue weighted by atomic mass is 32.2. The smallest absolute Gasteiger partial charge is 0.461 e. The van der Waals surface area contributed by atoms with Gasteiger partial charge in [0.05, 0.1) is 0 Å². The van der Waals surface area contributed by atoms with Crippen LogP contribution in [-0.4, -0.2) is 28.4 Å². The van der Waals surface area contributed by atoms with Crippen LogP contribution in [-0.2, 0) is 10.8 Å². The minimum atomic E-state index is -5.07. The Morgan fingerprint density at radius 2 is 1.64 bits per heavy atom. The number of hydrogen-bond acceptors (Lipinski definition) is 3. The first kappa shape index (κ1) is 18.4. The molecular weight excluding hydrogens is 354 g/mol. The quantitative estimate of drug-likeness (QED) is 0.446. The molecule has 1 atom stereocenters. The Hall–Kier alpha value is -1.66. The predicted octanol–water partition coefficient (Wildman–Crippen LogP) is 2.52. The summed E-state index contributed by atoms with van der Waals surface area (Å²) in [6.07, 6.45) is -13.6. The minimum Gasteiger partial charge on any atom is -0.618 e. The van der Waals surface area contributed by atoms with Gasteiger partial charge < -0.3 is 9.94 Å². The van der Waals surface area contributed by atoms with Gasteiger partial charge in [0, 0.05) is 6.07 Å². The van der Waals surface area contributed by atoms with E-state index in [0.29, 0.717) is 6.07 Å². The molecule has 0 saturated heterocycles. The molecule has 13 heteroatoms. The Morgan fingerprint density at radius 1 is 1.09 bits per heavy atom. The van der Waals surface area contributed by atoms with Crippen LogP contribution >= 0.6 is 0 Å². The van der Waals surface area contributed by atoms with Crippen LogP contribution in [0, 0.1) is 5.21 Å². The Balaban J connectivity index is 3.08. The fourth-order valence-electron chi connectivity index (χ4n) is 1.07. The third-order valence-electron chi connectivity index (χ3n) is 2.05. The number of ether oxygens (including phenoxy) is 1. The zero-order valence-corrected chi connectivity index (χ0v) is 10.8. The topological polar surface area (TPSA) is 53.2 Å². The van der Waals surface area contributed by atoms with Gasteiger partial charge in [0.15, 0.2) is 16.5 Å². The van der Waals surface area contributed by atoms with Gasteiger partial charge >= 0.3 is 24.2 Å². The predicted molar refractivity (Wildman–Crippen MR) is 54.3 cm³/mol. The van der Waals surface area contributed by atoms with Crippen molar-refractivity contribution in [3.05, 3.63) is 23.5 Å². The van der Waals surface area contributed by atoms with Crippen molar-refractivity contribution in [3.8, 4) is 5.75 Å². The molecule has 1 aromatic rings. The number of pyridine rings is 1. The van der Waals surface area contributed by atoms with Crippen LogP contribution in [0.1, 0.15) is 0 Å². The molecule has 1 aromatic heterocycles. The molecule has 0 N–H and O–H groups in total. The van der Waals surface area contributed by atoms with Crippen LogP contribution in [0.25, 0.3) is 0 Å². The molecule has 0 aliphatic heterocycles. The minimum absolute atomic E-state index is 0.0227. The molecule has 1 unspecified atom stereocenters. The summed E-state index contributed by atoms with van der Waals surface area (Å²) in [7, 11) is -3.80. The SMILES string of the molecule is O=S(c1ccc(OC(F)(F)C(F)F)c[n+]1[O-])C(F)(F)C(F)F. The normalized spacial score (nSPS) is 14.5. The van der Waals surface area contributed by atoms with Crippen molar-refractivity contribution in [2.45, 2.75) is 29.2 Å². The standard InChI is InChI=1S/C9H5F8NO3S/c10-6(11)8(14,15)21-4-1-2-5(18(19)3-4)22(20)9(16,17)7(12)13/h1-3,6-7H. The lowest BCUT2D eigenvalue weighted by molar-refractivity contribution is -0.647. The van der Waals surface area contributed by atoms with E-state index in [1.54, 1.807) is 0 Å². The van der Waals surface area contributed by atoms with Crippen LogP contribution in [0.15, 0.2) is 23.4 Å². The second kappa shape index (κ2) is 6.22. The van der Waals surface area contributed by atoms with Crippen molar-refractivity contribution in [3.63, 3.8) is 0 Å². The van der Waals surface area contributed by atoms with Crippen molar-refractivity contribution >= 4 is 10.8 Å². The van der Waals surface area contributed by atoms with Crippen molar-refractivity contribution < 1.29 is 48.8 Å². The molecule has 22 heavy (non-hydrogen) atoms. The fourth-order valence-corrected chi connectivity index (χ4v) is 1.92. The van der Waals surface area contributed by atoms with Gasteiger partial charge in [-0.2, -0.15) is 31.1 Å². The zero-order valence-electron chi connectivity index (χ0n) is 9.99. The number of hydrogen-bond donors (Lipinski definition) is 0. The first-order valence-electron chi connectivity index (χ1n) is 5.05. The summed E-state index contributed by atoms with van der Waals surface area (Å²) in [6.45, 7) is 0. The molecular formula is C9H5F8NO3S. The van der Waals surface area contributed by atoms with Gasteiger partial charge in [0.1, 0.15) is 0 Å². The second-order valence-corrected chi connectivity index (χ2v) is 5.12. The molecule has 0 spiro atoms. The first-order chi connectivity index (χ1) is 9.89. The lowest BCUT2D eigenvalue weighted by Gasteiger charge is -2.17. The van der Waals surface area contributed by atoms with Crippen LogP contribution in [0.2, 0.25) is 0 Å². The lowest BCUT2D eigenvalue weighted by atomic mass is 10.4. The van der Waals surface area contributed by atoms with Crippen molar-refractivity contribution in [1.29, 1.82) is 0 Å². The van der Waals surface area contributed by atoms with E-state index in [1.165, 1.54) is 0 Å². The lowest BCUT2D eigenvalue weighted by Crippen LogP contribution is -2.41. The molecule has 1 rings (SSSR count). The van der Waals surface area contributed by atoms with Crippen LogP contribution < -0.4 is 9.47 Å². The van der Waals surface area contributed by atoms with Gasteiger partial charge in [-0.05, 0) is 6.07 Å². The molecule has 0 aromatic carbocycles. The number of alkyl halides is 8. The van der Waals surface area contributed by atoms with Gasteiger partial charge in [-0.3, -0.25) is 0 Å². The molecule has 1 heterocycles. The summed E-state index contributed by atoms with van der Waals surface area (Å²) in [5, 5.41) is 4.78. The van der Waals surface area contributed by atoms with E-state index >= 15 is 0 Å². The van der Waals surface area contributed by atoms with Crippen LogP contribution in [0.4, 0.5) is 35.1 Å². The molecule has 0 fully saturated rings. The number of aromatic nitrogens is 1. The summed E-state index contributed by atoms with van der Waals surface area (Å²) in [6, 6.07) is 0.551. The average Bonchev–Trinajstić information content (AvgIpc) is 2.37. The largest absolute Gasteiger partial charge is 0.618 e. The Morgan fingerprint density at radius 3 is 2.05 bits per heavy atom. The van der Waals surface area contributed by atoms with Crippen molar-refractivity contribution in [2.75, 3.05) is 0 Å². The average molecular weight is 359 g/mol. The van der Waals surface area contributed by atoms with Gasteiger partial charge in [-0.1, -0.05) is 0 Å². The Bertz CT molecular complexity index is 568. The number of rotatable bonds is 6. The maximum Gasteiger partial charge on any atom is 0.461 e. The van der Waals surface area contributed by atoms with E-state index in [1.807, 2.05) is 0 Å². The molecule has 126 valence electrons. The zero-order chi connectivity index (χ0) is 17.3. The first-order valence-corrected chi connectivity index (χ1v) is 6.20. The van der Waals surface area contributed by atoms with E-state index in [4.69, 9.17) is 0 Å². The van der Waals surface area contributed by atoms with Gasteiger partial charge in [-0.25, -0.2) is 13.0 Å². The Kier molecular flexibility index (Phi) is 5.20. The Labute approximate surface area is 119 Å². The van der Waals surface area contributed by atoms with Crippen LogP contribution in [0.5, 0.6) is 5.75 Å². The summed E-state index contributed by atoms with van der Waals surface area (Å²) < 4.78 is 112. The summed E-state index contributed by atoms with van der Waals surface area (Å²) in [4.78, 5) is 0. The van der Waals surface area contributed by atoms with E-state index in [-0.39, 0.29) is 12.3 Å². The summed E-state index contributed by atoms with van der Waals surface area (Å²) >= 11 is 0. The number of halogens is 8. The summed E-state index contributed by atoms with van der Waals surface area (Å²) in [5.74, 6) is -1.17. The molecule has 0 radical (unpaired) electrons. The highest BCUT2D eigenvalue weighted by Gasteiger charge is 2.51. The number of nitrogens with zero attached hydrogens (tertiary/aromatic N) is 1. The van der Waals surface area contributed by atoms with Gasteiger partial charge in [-0.15, -0.1) is 0 Å². The molecule has 0 bridgehead atoms. The maximum atomic E-state index is 12.8. The highest BCUT2D eigenvalue weighted by molar-refractivity contribution is 7.86.